The van der Waals surface area contributed by atoms with Gasteiger partial charge in [-0.1, -0.05) is 12.0 Å². The van der Waals surface area contributed by atoms with E-state index in [1.807, 2.05) is 17.0 Å². The van der Waals surface area contributed by atoms with Crippen molar-refractivity contribution in [3.05, 3.63) is 64.2 Å². The van der Waals surface area contributed by atoms with Crippen LogP contribution in [0.25, 0.3) is 0 Å². The number of carbonyl (C=O) groups excluding carboxylic acids is 6. The summed E-state index contributed by atoms with van der Waals surface area (Å²) in [6.07, 6.45) is 5.47. The first-order valence-corrected chi connectivity index (χ1v) is 14.8. The Morgan fingerprint density at radius 2 is 1.56 bits per heavy atom. The summed E-state index contributed by atoms with van der Waals surface area (Å²) < 4.78 is 0. The number of aryl methyl sites for hydroxylation is 1. The number of benzene rings is 2. The molecule has 3 N–H and O–H groups in total. The fourth-order valence-electron chi connectivity index (χ4n) is 5.74. The molecule has 2 aliphatic rings. The Kier molecular flexibility index (Phi) is 19.2. The van der Waals surface area contributed by atoms with E-state index in [0.29, 0.717) is 29.8 Å². The smallest absolute Gasteiger partial charge is 0.550 e. The molecule has 2 aromatic rings. The van der Waals surface area contributed by atoms with Crippen LogP contribution in [0, 0.1) is 12.3 Å². The number of nitrogens with one attached hydrogen (secondary N) is 2. The average Bonchev–Trinajstić information content (AvgIpc) is 3.44. The van der Waals surface area contributed by atoms with Crippen LogP contribution in [0.3, 0.4) is 0 Å². The first kappa shape index (κ1) is 45.5. The summed E-state index contributed by atoms with van der Waals surface area (Å²) in [4.78, 5) is 77.2. The van der Waals surface area contributed by atoms with Gasteiger partial charge < -0.3 is 50.3 Å². The molecule has 0 fully saturated rings. The number of rotatable bonds is 15. The van der Waals surface area contributed by atoms with E-state index in [-0.39, 0.29) is 113 Å². The minimum Gasteiger partial charge on any atom is -0.550 e. The number of aliphatic hydroxyl groups excluding tert-OH is 1. The van der Waals surface area contributed by atoms with Crippen molar-refractivity contribution in [2.24, 2.45) is 4.99 Å². The zero-order valence-electron chi connectivity index (χ0n) is 28.2. The molecule has 14 nitrogen and oxygen atoms in total. The fourth-order valence-corrected chi connectivity index (χ4v) is 5.74. The van der Waals surface area contributed by atoms with E-state index in [4.69, 9.17) is 6.42 Å². The second-order valence-electron chi connectivity index (χ2n) is 11.2. The molecule has 246 valence electrons. The number of nitrogens with zero attached hydrogens (tertiary/aromatic N) is 2. The van der Waals surface area contributed by atoms with Gasteiger partial charge in [0.15, 0.2) is 0 Å². The van der Waals surface area contributed by atoms with Crippen molar-refractivity contribution in [2.45, 2.75) is 63.1 Å². The van der Waals surface area contributed by atoms with Crippen LogP contribution in [0.5, 0.6) is 0 Å². The van der Waals surface area contributed by atoms with Crippen LogP contribution in [0.15, 0.2) is 41.4 Å². The van der Waals surface area contributed by atoms with Gasteiger partial charge in [0, 0.05) is 35.6 Å². The van der Waals surface area contributed by atoms with Crippen LogP contribution >= 0.6 is 0 Å². The van der Waals surface area contributed by atoms with Gasteiger partial charge in [0.05, 0.1) is 48.9 Å². The summed E-state index contributed by atoms with van der Waals surface area (Å²) >= 11 is 0. The van der Waals surface area contributed by atoms with E-state index in [1.165, 1.54) is 12.1 Å². The Balaban J connectivity index is 0.00000417. The Hall–Kier alpha value is -2.55. The molecule has 0 spiro atoms. The summed E-state index contributed by atoms with van der Waals surface area (Å²) in [5.74, 6) is -4.33. The number of fused-ring (bicyclic) bond motifs is 2. The number of aliphatic hydroxyl groups is 1. The molecule has 4 rings (SSSR count). The standard InChI is InChI=1S/C33H34N4O10.3Na/c1-2-13-37(27-10-5-19-14-20-15-21(17-38)34-31(43)24(20)16-23(19)27)22-6-3-18(4-7-22)30(42)36-26(33(46)47)8-11-28(39)35-25(32(44)45)9-12-29(40)41;;;/h1,3-4,6-7,14,16,25-27,38H,5,8-13,15,17H2,(H,35,39)(H,36,42)(H,40,41)(H,44,45)(H,46,47);;;/q;3*+1/p-3/t25-,26+,27+;;;/m1.../s1. The second kappa shape index (κ2) is 21.1. The van der Waals surface area contributed by atoms with Gasteiger partial charge in [-0.2, -0.15) is 0 Å². The van der Waals surface area contributed by atoms with Crippen molar-refractivity contribution in [3.63, 3.8) is 0 Å². The van der Waals surface area contributed by atoms with Crippen molar-refractivity contribution in [1.29, 1.82) is 0 Å². The maximum absolute atomic E-state index is 12.9. The molecule has 0 saturated carbocycles. The Labute approximate surface area is 354 Å². The number of aliphatic imine (C=N–C) groups is 1. The fraction of sp³-hybridized carbons (Fsp3) is 0.364. The van der Waals surface area contributed by atoms with Gasteiger partial charge >= 0.3 is 88.7 Å². The van der Waals surface area contributed by atoms with Gasteiger partial charge in [-0.05, 0) is 79.1 Å². The molecule has 0 bridgehead atoms. The molecule has 3 amide bonds. The van der Waals surface area contributed by atoms with Crippen molar-refractivity contribution in [3.8, 4) is 12.3 Å². The predicted octanol–water partition coefficient (Wildman–Crippen LogP) is -11.7. The Morgan fingerprint density at radius 3 is 2.14 bits per heavy atom. The SMILES string of the molecule is C#CCN(c1ccc(C(=O)N[C@@H](CCC(=O)N[C@H](CCC(=O)[O-])C(=O)[O-])C(=O)[O-])cc1)[C@H]1CCc2cc3c(cc21)C(=O)N=C(CO)C3.[Na+].[Na+].[Na+]. The third-order valence-corrected chi connectivity index (χ3v) is 8.08. The van der Waals surface area contributed by atoms with Crippen LogP contribution in [0.1, 0.15) is 75.6 Å². The largest absolute Gasteiger partial charge is 1.00 e. The molecule has 17 heteroatoms. The zero-order valence-corrected chi connectivity index (χ0v) is 34.2. The summed E-state index contributed by atoms with van der Waals surface area (Å²) in [7, 11) is 0. The van der Waals surface area contributed by atoms with E-state index in [1.54, 1.807) is 12.1 Å². The van der Waals surface area contributed by atoms with E-state index in [0.717, 1.165) is 23.1 Å². The van der Waals surface area contributed by atoms with Crippen LogP contribution in [-0.4, -0.2) is 71.7 Å². The number of anilines is 1. The van der Waals surface area contributed by atoms with E-state index in [2.05, 4.69) is 21.5 Å². The molecular weight excluding hydrogens is 681 g/mol. The van der Waals surface area contributed by atoms with Gasteiger partial charge in [0.25, 0.3) is 11.8 Å². The summed E-state index contributed by atoms with van der Waals surface area (Å²) in [6.45, 7) is -0.0722. The first-order valence-electron chi connectivity index (χ1n) is 14.8. The summed E-state index contributed by atoms with van der Waals surface area (Å²) in [5, 5.41) is 47.3. The second-order valence-corrected chi connectivity index (χ2v) is 11.2. The van der Waals surface area contributed by atoms with Crippen molar-refractivity contribution >= 4 is 47.0 Å². The maximum atomic E-state index is 12.9. The van der Waals surface area contributed by atoms with Crippen LogP contribution in [0.4, 0.5) is 5.69 Å². The van der Waals surface area contributed by atoms with Gasteiger partial charge in [-0.15, -0.1) is 6.42 Å². The zero-order chi connectivity index (χ0) is 34.2. The number of hydrogen-bond donors (Lipinski definition) is 3. The number of aliphatic carboxylic acids is 3. The van der Waals surface area contributed by atoms with Gasteiger partial charge in [-0.25, -0.2) is 4.99 Å². The molecule has 50 heavy (non-hydrogen) atoms. The predicted molar refractivity (Wildman–Crippen MR) is 159 cm³/mol. The topological polar surface area (TPSA) is 231 Å². The van der Waals surface area contributed by atoms with Crippen molar-refractivity contribution < 1.29 is 138 Å². The number of hydrogen-bond acceptors (Lipinski definition) is 11. The van der Waals surface area contributed by atoms with E-state index in [9.17, 15) is 49.2 Å². The number of carbonyl (C=O) groups is 6. The number of carboxylic acids is 3. The number of carboxylic acid groups (broad SMARTS) is 3. The molecule has 1 aliphatic heterocycles. The van der Waals surface area contributed by atoms with Crippen LogP contribution in [-0.2, 0) is 32.0 Å². The minimum absolute atomic E-state index is 0. The molecule has 1 aliphatic carbocycles. The molecular formula is C33H31N4Na3O10. The molecule has 2 aromatic carbocycles. The minimum atomic E-state index is -1.72. The maximum Gasteiger partial charge on any atom is 1.00 e. The van der Waals surface area contributed by atoms with Crippen LogP contribution in [0.2, 0.25) is 0 Å². The third kappa shape index (κ3) is 11.7. The molecule has 0 saturated heterocycles. The molecule has 0 aromatic heterocycles. The molecule has 3 atom stereocenters. The normalized spacial score (nSPS) is 15.1. The van der Waals surface area contributed by atoms with Gasteiger partial charge in [0.1, 0.15) is 0 Å². The third-order valence-electron chi connectivity index (χ3n) is 8.08. The Morgan fingerprint density at radius 1 is 0.940 bits per heavy atom. The monoisotopic (exact) mass is 712 g/mol. The number of amides is 3. The van der Waals surface area contributed by atoms with E-state index < -0.39 is 73.4 Å². The molecule has 0 unspecified atom stereocenters. The van der Waals surface area contributed by atoms with Gasteiger partial charge in [0.2, 0.25) is 5.91 Å². The Bertz CT molecular complexity index is 1680. The first-order chi connectivity index (χ1) is 22.4. The van der Waals surface area contributed by atoms with Gasteiger partial charge in [-0.3, -0.25) is 14.4 Å². The summed E-state index contributed by atoms with van der Waals surface area (Å²) in [6, 6.07) is 6.68. The van der Waals surface area contributed by atoms with Crippen molar-refractivity contribution in [2.75, 3.05) is 18.1 Å². The van der Waals surface area contributed by atoms with E-state index >= 15 is 0 Å². The van der Waals surface area contributed by atoms with Crippen molar-refractivity contribution in [1.82, 2.24) is 10.6 Å². The molecule has 1 heterocycles. The number of terminal acetylenes is 1. The van der Waals surface area contributed by atoms with Crippen LogP contribution < -0.4 is 120 Å². The quantitative estimate of drug-likeness (QED) is 0.116. The summed E-state index contributed by atoms with van der Waals surface area (Å²) in [5.41, 5.74) is 4.50. The molecule has 0 radical (unpaired) electrons. The average molecular weight is 713 g/mol.